The topological polar surface area (TPSA) is 76.9 Å². The van der Waals surface area contributed by atoms with E-state index in [-0.39, 0.29) is 17.2 Å². The van der Waals surface area contributed by atoms with Gasteiger partial charge in [-0.3, -0.25) is 14.2 Å². The highest BCUT2D eigenvalue weighted by Gasteiger charge is 2.14. The fourth-order valence-electron chi connectivity index (χ4n) is 2.97. The summed E-state index contributed by atoms with van der Waals surface area (Å²) in [4.78, 5) is 34.1. The van der Waals surface area contributed by atoms with Crippen LogP contribution in [0.4, 0.5) is 5.13 Å². The van der Waals surface area contributed by atoms with E-state index < -0.39 is 0 Å². The number of fused-ring (bicyclic) bond motifs is 2. The van der Waals surface area contributed by atoms with Crippen LogP contribution in [-0.2, 0) is 11.3 Å². The quantitative estimate of drug-likeness (QED) is 0.305. The monoisotopic (exact) mass is 410 g/mol. The largest absolute Gasteiger partial charge is 0.301 e. The second-order valence-electron chi connectivity index (χ2n) is 6.29. The second-order valence-corrected chi connectivity index (χ2v) is 8.09. The van der Waals surface area contributed by atoms with Crippen molar-refractivity contribution in [2.24, 2.45) is 0 Å². The lowest BCUT2D eigenvalue weighted by molar-refractivity contribution is -0.113. The molecule has 2 aromatic carbocycles. The summed E-state index contributed by atoms with van der Waals surface area (Å²) in [5, 5.41) is 8.41. The van der Waals surface area contributed by atoms with Crippen LogP contribution in [0.25, 0.3) is 21.7 Å². The summed E-state index contributed by atoms with van der Waals surface area (Å²) in [5.74, 6) is -0.0145. The van der Waals surface area contributed by atoms with Crippen LogP contribution in [0.1, 0.15) is 12.6 Å². The first-order valence-electron chi connectivity index (χ1n) is 8.83. The van der Waals surface area contributed by atoms with Gasteiger partial charge in [-0.1, -0.05) is 36.0 Å². The third kappa shape index (κ3) is 3.65. The molecule has 0 radical (unpaired) electrons. The number of nitrogens with zero attached hydrogens (tertiary/aromatic N) is 3. The first-order chi connectivity index (χ1) is 13.5. The van der Waals surface area contributed by atoms with Gasteiger partial charge in [0.1, 0.15) is 0 Å². The van der Waals surface area contributed by atoms with E-state index >= 15 is 0 Å². The van der Waals surface area contributed by atoms with E-state index in [0.29, 0.717) is 27.7 Å². The van der Waals surface area contributed by atoms with Crippen LogP contribution in [0.5, 0.6) is 0 Å². The molecule has 28 heavy (non-hydrogen) atoms. The number of hydrogen-bond acceptors (Lipinski definition) is 6. The van der Waals surface area contributed by atoms with E-state index in [1.807, 2.05) is 55.6 Å². The van der Waals surface area contributed by atoms with Gasteiger partial charge in [-0.15, -0.1) is 11.3 Å². The van der Waals surface area contributed by atoms with Crippen molar-refractivity contribution in [3.05, 3.63) is 57.8 Å². The zero-order chi connectivity index (χ0) is 19.7. The van der Waals surface area contributed by atoms with Gasteiger partial charge < -0.3 is 5.32 Å². The maximum atomic E-state index is 13.0. The highest BCUT2D eigenvalue weighted by molar-refractivity contribution is 7.99. The van der Waals surface area contributed by atoms with E-state index in [9.17, 15) is 9.59 Å². The molecule has 0 saturated carbocycles. The van der Waals surface area contributed by atoms with Gasteiger partial charge in [0.15, 0.2) is 10.3 Å². The molecular formula is C20H18N4O2S2. The molecule has 0 atom stereocenters. The third-order valence-corrected chi connectivity index (χ3v) is 6.15. The molecule has 8 heteroatoms. The number of carbonyl (C=O) groups excluding carboxylic acids is 1. The molecule has 1 N–H and O–H groups in total. The van der Waals surface area contributed by atoms with Crippen LogP contribution in [0, 0.1) is 6.92 Å². The zero-order valence-electron chi connectivity index (χ0n) is 15.4. The lowest BCUT2D eigenvalue weighted by Crippen LogP contribution is -2.23. The van der Waals surface area contributed by atoms with Crippen LogP contribution in [0.2, 0.25) is 0 Å². The average Bonchev–Trinajstić information content (AvgIpc) is 3.10. The van der Waals surface area contributed by atoms with Crippen molar-refractivity contribution in [1.29, 1.82) is 0 Å². The standard InChI is InChI=1S/C20H18N4O2S2/c1-3-24-18(26)15-8-13-6-4-5-7-14(13)9-16(15)22-20(24)28-11-17(25)23-19-21-12(2)10-27-19/h4-10H,3,11H2,1-2H3,(H,21,23,25). The maximum absolute atomic E-state index is 13.0. The molecule has 1 amide bonds. The smallest absolute Gasteiger partial charge is 0.262 e. The predicted octanol–water partition coefficient (Wildman–Crippen LogP) is 4.07. The molecule has 2 heterocycles. The van der Waals surface area contributed by atoms with Crippen molar-refractivity contribution in [2.45, 2.75) is 25.5 Å². The summed E-state index contributed by atoms with van der Waals surface area (Å²) in [6.45, 7) is 4.27. The Labute approximate surface area is 169 Å². The fourth-order valence-corrected chi connectivity index (χ4v) is 4.54. The molecule has 0 fully saturated rings. The number of benzene rings is 2. The molecule has 4 rings (SSSR count). The molecule has 0 spiro atoms. The van der Waals surface area contributed by atoms with Crippen molar-refractivity contribution in [3.8, 4) is 0 Å². The number of thiazole rings is 1. The number of anilines is 1. The van der Waals surface area contributed by atoms with Crippen LogP contribution >= 0.6 is 23.1 Å². The first kappa shape index (κ1) is 18.6. The van der Waals surface area contributed by atoms with Crippen LogP contribution in [0.15, 0.2) is 51.7 Å². The number of amides is 1. The maximum Gasteiger partial charge on any atom is 0.262 e. The second kappa shape index (κ2) is 7.73. The molecule has 0 saturated heterocycles. The Morgan fingerprint density at radius 2 is 1.96 bits per heavy atom. The Morgan fingerprint density at radius 1 is 1.21 bits per heavy atom. The minimum absolute atomic E-state index is 0.0864. The van der Waals surface area contributed by atoms with E-state index in [1.165, 1.54) is 23.1 Å². The third-order valence-electron chi connectivity index (χ3n) is 4.30. The van der Waals surface area contributed by atoms with E-state index in [2.05, 4.69) is 15.3 Å². The molecule has 0 aliphatic carbocycles. The molecule has 0 unspecified atom stereocenters. The summed E-state index contributed by atoms with van der Waals surface area (Å²) in [6.07, 6.45) is 0. The van der Waals surface area contributed by atoms with Crippen molar-refractivity contribution in [2.75, 3.05) is 11.1 Å². The minimum Gasteiger partial charge on any atom is -0.301 e. The molecule has 6 nitrogen and oxygen atoms in total. The number of carbonyl (C=O) groups is 1. The predicted molar refractivity (Wildman–Crippen MR) is 115 cm³/mol. The highest BCUT2D eigenvalue weighted by atomic mass is 32.2. The van der Waals surface area contributed by atoms with Crippen molar-refractivity contribution in [3.63, 3.8) is 0 Å². The van der Waals surface area contributed by atoms with Gasteiger partial charge in [0.05, 0.1) is 22.3 Å². The molecule has 0 bridgehead atoms. The molecule has 0 aliphatic rings. The summed E-state index contributed by atoms with van der Waals surface area (Å²) < 4.78 is 1.61. The van der Waals surface area contributed by atoms with Gasteiger partial charge in [0.2, 0.25) is 5.91 Å². The summed E-state index contributed by atoms with van der Waals surface area (Å²) in [5.41, 5.74) is 1.43. The van der Waals surface area contributed by atoms with Gasteiger partial charge in [-0.2, -0.15) is 0 Å². The van der Waals surface area contributed by atoms with E-state index in [1.54, 1.807) is 4.57 Å². The summed E-state index contributed by atoms with van der Waals surface area (Å²) in [6, 6.07) is 11.7. The van der Waals surface area contributed by atoms with Crippen molar-refractivity contribution < 1.29 is 4.79 Å². The Hall–Kier alpha value is -2.71. The highest BCUT2D eigenvalue weighted by Crippen LogP contribution is 2.23. The number of aromatic nitrogens is 3. The van der Waals surface area contributed by atoms with E-state index in [0.717, 1.165) is 16.5 Å². The number of hydrogen-bond donors (Lipinski definition) is 1. The lowest BCUT2D eigenvalue weighted by Gasteiger charge is -2.11. The van der Waals surface area contributed by atoms with Gasteiger partial charge >= 0.3 is 0 Å². The number of nitrogens with one attached hydrogen (secondary N) is 1. The molecule has 0 aliphatic heterocycles. The van der Waals surface area contributed by atoms with Gasteiger partial charge in [-0.25, -0.2) is 9.97 Å². The Balaban J connectivity index is 1.64. The van der Waals surface area contributed by atoms with Crippen molar-refractivity contribution >= 4 is 55.8 Å². The van der Waals surface area contributed by atoms with E-state index in [4.69, 9.17) is 0 Å². The van der Waals surface area contributed by atoms with Gasteiger partial charge in [-0.05, 0) is 36.8 Å². The number of thioether (sulfide) groups is 1. The Bertz CT molecular complexity index is 1250. The minimum atomic E-state index is -0.171. The molecular weight excluding hydrogens is 392 g/mol. The zero-order valence-corrected chi connectivity index (χ0v) is 17.1. The Kier molecular flexibility index (Phi) is 5.15. The average molecular weight is 411 g/mol. The molecule has 142 valence electrons. The summed E-state index contributed by atoms with van der Waals surface area (Å²) in [7, 11) is 0. The van der Waals surface area contributed by atoms with Gasteiger partial charge in [0, 0.05) is 11.9 Å². The Morgan fingerprint density at radius 3 is 2.64 bits per heavy atom. The first-order valence-corrected chi connectivity index (χ1v) is 10.7. The van der Waals surface area contributed by atoms with Crippen LogP contribution < -0.4 is 10.9 Å². The van der Waals surface area contributed by atoms with Crippen molar-refractivity contribution in [1.82, 2.24) is 14.5 Å². The van der Waals surface area contributed by atoms with Crippen LogP contribution in [0.3, 0.4) is 0 Å². The summed E-state index contributed by atoms with van der Waals surface area (Å²) >= 11 is 2.65. The van der Waals surface area contributed by atoms with Gasteiger partial charge in [0.25, 0.3) is 5.56 Å². The SMILES string of the molecule is CCn1c(SCC(=O)Nc2nc(C)cs2)nc2cc3ccccc3cc2c1=O. The fraction of sp³-hybridized carbons (Fsp3) is 0.200. The number of rotatable bonds is 5. The lowest BCUT2D eigenvalue weighted by atomic mass is 10.1. The van der Waals surface area contributed by atoms with Crippen LogP contribution in [-0.4, -0.2) is 26.2 Å². The number of aryl methyl sites for hydroxylation is 1. The molecule has 4 aromatic rings. The normalized spacial score (nSPS) is 11.2. The molecule has 2 aromatic heterocycles.